The molecule has 2 aromatic heterocycles. The second-order valence-electron chi connectivity index (χ2n) is 5.78. The van der Waals surface area contributed by atoms with Gasteiger partial charge < -0.3 is 9.26 Å². The molecule has 0 aliphatic carbocycles. The molecular weight excluding hydrogens is 387 g/mol. The molecule has 0 saturated heterocycles. The van der Waals surface area contributed by atoms with E-state index in [1.54, 1.807) is 43.5 Å². The third-order valence-electron chi connectivity index (χ3n) is 4.06. The molecule has 0 radical (unpaired) electrons. The smallest absolute Gasteiger partial charge is 0.349 e. The average molecular weight is 399 g/mol. The van der Waals surface area contributed by atoms with Crippen LogP contribution in [-0.4, -0.2) is 16.1 Å². The monoisotopic (exact) mass is 398 g/mol. The minimum absolute atomic E-state index is 0.165. The maximum absolute atomic E-state index is 12.9. The summed E-state index contributed by atoms with van der Waals surface area (Å²) in [6, 6.07) is 14.1. The van der Waals surface area contributed by atoms with Gasteiger partial charge in [-0.3, -0.25) is 4.98 Å². The molecule has 0 spiro atoms. The Hall–Kier alpha value is -2.89. The molecule has 27 heavy (non-hydrogen) atoms. The summed E-state index contributed by atoms with van der Waals surface area (Å²) >= 11 is 12.5. The van der Waals surface area contributed by atoms with E-state index in [0.29, 0.717) is 32.6 Å². The Morgan fingerprint density at radius 1 is 1.04 bits per heavy atom. The van der Waals surface area contributed by atoms with E-state index < -0.39 is 5.97 Å². The Morgan fingerprint density at radius 3 is 2.52 bits per heavy atom. The van der Waals surface area contributed by atoms with Gasteiger partial charge in [-0.15, -0.1) is 0 Å². The van der Waals surface area contributed by atoms with Crippen LogP contribution in [0.15, 0.2) is 59.3 Å². The second-order valence-corrected chi connectivity index (χ2v) is 6.59. The highest BCUT2D eigenvalue weighted by atomic mass is 35.5. The maximum atomic E-state index is 12.9. The third-order valence-corrected chi connectivity index (χ3v) is 4.69. The van der Waals surface area contributed by atoms with E-state index in [-0.39, 0.29) is 11.3 Å². The lowest BCUT2D eigenvalue weighted by atomic mass is 10.1. The van der Waals surface area contributed by atoms with E-state index >= 15 is 0 Å². The number of hydrogen-bond acceptors (Lipinski definition) is 5. The summed E-state index contributed by atoms with van der Waals surface area (Å²) in [5, 5.41) is 5.55. The zero-order valence-corrected chi connectivity index (χ0v) is 15.6. The molecule has 0 atom stereocenters. The number of ether oxygens (including phenoxy) is 1. The van der Waals surface area contributed by atoms with E-state index in [0.717, 1.165) is 5.39 Å². The number of hydrogen-bond donors (Lipinski definition) is 0. The molecule has 0 fully saturated rings. The van der Waals surface area contributed by atoms with Gasteiger partial charge in [-0.25, -0.2) is 4.79 Å². The number of benzene rings is 2. The number of fused-ring (bicyclic) bond motifs is 1. The fourth-order valence-corrected chi connectivity index (χ4v) is 3.39. The summed E-state index contributed by atoms with van der Waals surface area (Å²) in [5.74, 6) is 0.0203. The highest BCUT2D eigenvalue weighted by Crippen LogP contribution is 2.37. The average Bonchev–Trinajstić information content (AvgIpc) is 3.03. The molecule has 0 saturated carbocycles. The number of carbonyl (C=O) groups excluding carboxylic acids is 1. The Bertz CT molecular complexity index is 1150. The van der Waals surface area contributed by atoms with Crippen molar-refractivity contribution in [3.63, 3.8) is 0 Å². The van der Waals surface area contributed by atoms with Crippen LogP contribution in [0.5, 0.6) is 5.75 Å². The van der Waals surface area contributed by atoms with Gasteiger partial charge in [0.25, 0.3) is 0 Å². The molecule has 7 heteroatoms. The first-order valence-corrected chi connectivity index (χ1v) is 8.78. The molecular formula is C20H12Cl2N2O3. The number of pyridine rings is 1. The summed E-state index contributed by atoms with van der Waals surface area (Å²) in [4.78, 5) is 17.2. The van der Waals surface area contributed by atoms with Gasteiger partial charge >= 0.3 is 5.97 Å². The Morgan fingerprint density at radius 2 is 1.74 bits per heavy atom. The second kappa shape index (κ2) is 7.02. The number of aryl methyl sites for hydroxylation is 1. The predicted octanol–water partition coefficient (Wildman–Crippen LogP) is 5.72. The molecule has 0 aliphatic rings. The lowest BCUT2D eigenvalue weighted by Crippen LogP contribution is -2.11. The van der Waals surface area contributed by atoms with Crippen LogP contribution in [0.1, 0.15) is 16.1 Å². The molecule has 0 bridgehead atoms. The van der Waals surface area contributed by atoms with Crippen LogP contribution in [-0.2, 0) is 0 Å². The number of rotatable bonds is 3. The van der Waals surface area contributed by atoms with E-state index in [2.05, 4.69) is 10.1 Å². The van der Waals surface area contributed by atoms with E-state index in [4.69, 9.17) is 32.5 Å². The maximum Gasteiger partial charge on any atom is 0.349 e. The molecule has 0 N–H and O–H groups in total. The summed E-state index contributed by atoms with van der Waals surface area (Å²) < 4.78 is 10.8. The lowest BCUT2D eigenvalue weighted by Gasteiger charge is -2.08. The highest BCUT2D eigenvalue weighted by molar-refractivity contribution is 6.39. The number of carbonyl (C=O) groups is 1. The van der Waals surface area contributed by atoms with Crippen molar-refractivity contribution >= 4 is 40.1 Å². The number of para-hydroxylation sites is 1. The zero-order chi connectivity index (χ0) is 19.0. The van der Waals surface area contributed by atoms with Crippen molar-refractivity contribution in [2.75, 3.05) is 0 Å². The van der Waals surface area contributed by atoms with E-state index in [1.807, 2.05) is 18.2 Å². The minimum atomic E-state index is -0.627. The van der Waals surface area contributed by atoms with Crippen LogP contribution in [0.2, 0.25) is 10.0 Å². The lowest BCUT2D eigenvalue weighted by molar-refractivity contribution is 0.0735. The van der Waals surface area contributed by atoms with Crippen molar-refractivity contribution in [1.29, 1.82) is 0 Å². The number of esters is 1. The molecule has 0 unspecified atom stereocenters. The Balaban J connectivity index is 1.78. The van der Waals surface area contributed by atoms with Crippen molar-refractivity contribution in [3.05, 3.63) is 76.1 Å². The van der Waals surface area contributed by atoms with Crippen LogP contribution in [0.3, 0.4) is 0 Å². The first-order chi connectivity index (χ1) is 13.1. The molecule has 0 aliphatic heterocycles. The quantitative estimate of drug-likeness (QED) is 0.325. The van der Waals surface area contributed by atoms with Crippen LogP contribution < -0.4 is 4.74 Å². The first kappa shape index (κ1) is 17.5. The molecule has 2 aromatic carbocycles. The summed E-state index contributed by atoms with van der Waals surface area (Å²) in [7, 11) is 0. The van der Waals surface area contributed by atoms with Gasteiger partial charge in [0.15, 0.2) is 5.75 Å². The third kappa shape index (κ3) is 3.16. The topological polar surface area (TPSA) is 65.2 Å². The van der Waals surface area contributed by atoms with Gasteiger partial charge in [0, 0.05) is 17.1 Å². The summed E-state index contributed by atoms with van der Waals surface area (Å²) in [5.41, 5.74) is 1.40. The molecule has 4 aromatic rings. The SMILES string of the molecule is Cc1onc(-c2c(Cl)cccc2Cl)c1C(=O)Oc1cccc2cccnc12. The highest BCUT2D eigenvalue weighted by Gasteiger charge is 2.26. The Labute approximate surface area is 164 Å². The van der Waals surface area contributed by atoms with Crippen molar-refractivity contribution in [1.82, 2.24) is 10.1 Å². The van der Waals surface area contributed by atoms with Crippen LogP contribution >= 0.6 is 23.2 Å². The fourth-order valence-electron chi connectivity index (χ4n) is 2.82. The van der Waals surface area contributed by atoms with Gasteiger partial charge in [-0.2, -0.15) is 0 Å². The zero-order valence-electron chi connectivity index (χ0n) is 14.1. The molecule has 5 nitrogen and oxygen atoms in total. The van der Waals surface area contributed by atoms with Crippen LogP contribution in [0, 0.1) is 6.92 Å². The van der Waals surface area contributed by atoms with Crippen molar-refractivity contribution in [3.8, 4) is 17.0 Å². The normalized spacial score (nSPS) is 10.9. The van der Waals surface area contributed by atoms with Gasteiger partial charge in [0.05, 0.1) is 10.0 Å². The van der Waals surface area contributed by atoms with Crippen molar-refractivity contribution in [2.24, 2.45) is 0 Å². The van der Waals surface area contributed by atoms with Crippen molar-refractivity contribution in [2.45, 2.75) is 6.92 Å². The van der Waals surface area contributed by atoms with Gasteiger partial charge in [0.2, 0.25) is 0 Å². The van der Waals surface area contributed by atoms with Gasteiger partial charge in [-0.1, -0.05) is 52.6 Å². The Kier molecular flexibility index (Phi) is 4.56. The fraction of sp³-hybridized carbons (Fsp3) is 0.0500. The molecule has 134 valence electrons. The first-order valence-electron chi connectivity index (χ1n) is 8.03. The van der Waals surface area contributed by atoms with E-state index in [1.165, 1.54) is 0 Å². The molecule has 2 heterocycles. The van der Waals surface area contributed by atoms with Crippen LogP contribution in [0.25, 0.3) is 22.2 Å². The molecule has 0 amide bonds. The van der Waals surface area contributed by atoms with Crippen LogP contribution in [0.4, 0.5) is 0 Å². The number of halogens is 2. The van der Waals surface area contributed by atoms with E-state index in [9.17, 15) is 4.79 Å². The summed E-state index contributed by atoms with van der Waals surface area (Å²) in [6.07, 6.45) is 1.64. The number of nitrogens with zero attached hydrogens (tertiary/aromatic N) is 2. The molecule has 4 rings (SSSR count). The largest absolute Gasteiger partial charge is 0.420 e. The predicted molar refractivity (Wildman–Crippen MR) is 103 cm³/mol. The summed E-state index contributed by atoms with van der Waals surface area (Å²) in [6.45, 7) is 1.62. The number of aromatic nitrogens is 2. The van der Waals surface area contributed by atoms with Crippen molar-refractivity contribution < 1.29 is 14.1 Å². The minimum Gasteiger partial charge on any atom is -0.420 e. The van der Waals surface area contributed by atoms with Gasteiger partial charge in [0.1, 0.15) is 22.5 Å². The van der Waals surface area contributed by atoms with Gasteiger partial charge in [-0.05, 0) is 31.2 Å². The standard InChI is InChI=1S/C20H12Cl2N2O3/c1-11-16(19(24-27-11)17-13(21)7-3-8-14(17)22)20(25)26-15-9-2-5-12-6-4-10-23-18(12)15/h2-10H,1H3.